The Morgan fingerprint density at radius 1 is 1.11 bits per heavy atom. The van der Waals surface area contributed by atoms with E-state index in [4.69, 9.17) is 5.73 Å². The summed E-state index contributed by atoms with van der Waals surface area (Å²) in [5.41, 5.74) is 9.76. The Morgan fingerprint density at radius 2 is 1.74 bits per heavy atom. The van der Waals surface area contributed by atoms with Crippen molar-refractivity contribution in [2.75, 3.05) is 0 Å². The SMILES string of the molecule is CCc1ccc(CC(N)c2ccc(F)cc2I)cc1. The van der Waals surface area contributed by atoms with Crippen LogP contribution in [0.4, 0.5) is 4.39 Å². The summed E-state index contributed by atoms with van der Waals surface area (Å²) in [7, 11) is 0. The average molecular weight is 369 g/mol. The van der Waals surface area contributed by atoms with E-state index in [1.165, 1.54) is 23.3 Å². The third kappa shape index (κ3) is 3.76. The van der Waals surface area contributed by atoms with E-state index in [-0.39, 0.29) is 11.9 Å². The second-order valence-corrected chi connectivity index (χ2v) is 5.81. The van der Waals surface area contributed by atoms with Crippen molar-refractivity contribution in [3.05, 3.63) is 68.5 Å². The fourth-order valence-electron chi connectivity index (χ4n) is 2.08. The second kappa shape index (κ2) is 6.48. The van der Waals surface area contributed by atoms with Crippen LogP contribution in [-0.4, -0.2) is 0 Å². The maximum atomic E-state index is 13.1. The summed E-state index contributed by atoms with van der Waals surface area (Å²) >= 11 is 2.14. The lowest BCUT2D eigenvalue weighted by molar-refractivity contribution is 0.622. The predicted molar refractivity (Wildman–Crippen MR) is 85.6 cm³/mol. The molecule has 0 radical (unpaired) electrons. The van der Waals surface area contributed by atoms with Gasteiger partial charge in [-0.3, -0.25) is 0 Å². The van der Waals surface area contributed by atoms with Gasteiger partial charge in [0.25, 0.3) is 0 Å². The number of rotatable bonds is 4. The van der Waals surface area contributed by atoms with Gasteiger partial charge in [-0.05, 0) is 64.3 Å². The van der Waals surface area contributed by atoms with Crippen molar-refractivity contribution in [2.24, 2.45) is 5.73 Å². The lowest BCUT2D eigenvalue weighted by Gasteiger charge is -2.14. The molecule has 2 rings (SSSR count). The molecule has 0 saturated heterocycles. The highest BCUT2D eigenvalue weighted by atomic mass is 127. The van der Waals surface area contributed by atoms with Crippen LogP contribution in [0.25, 0.3) is 0 Å². The van der Waals surface area contributed by atoms with Crippen molar-refractivity contribution in [1.29, 1.82) is 0 Å². The minimum atomic E-state index is -0.215. The lowest BCUT2D eigenvalue weighted by atomic mass is 9.98. The fourth-order valence-corrected chi connectivity index (χ4v) is 2.95. The molecule has 0 heterocycles. The first-order valence-corrected chi connectivity index (χ1v) is 7.46. The monoisotopic (exact) mass is 369 g/mol. The Balaban J connectivity index is 2.13. The standard InChI is InChI=1S/C16H17FIN/c1-2-11-3-5-12(6-4-11)9-16(19)14-8-7-13(17)10-15(14)18/h3-8,10,16H,2,9,19H2,1H3. The van der Waals surface area contributed by atoms with Gasteiger partial charge in [-0.25, -0.2) is 4.39 Å². The molecule has 0 spiro atoms. The van der Waals surface area contributed by atoms with Crippen LogP contribution in [0.3, 0.4) is 0 Å². The van der Waals surface area contributed by atoms with E-state index >= 15 is 0 Å². The number of benzene rings is 2. The van der Waals surface area contributed by atoms with E-state index < -0.39 is 0 Å². The highest BCUT2D eigenvalue weighted by Gasteiger charge is 2.11. The Labute approximate surface area is 127 Å². The quantitative estimate of drug-likeness (QED) is 0.802. The van der Waals surface area contributed by atoms with Crippen LogP contribution in [-0.2, 0) is 12.8 Å². The molecule has 2 aromatic carbocycles. The highest BCUT2D eigenvalue weighted by molar-refractivity contribution is 14.1. The molecule has 0 aromatic heterocycles. The molecule has 1 unspecified atom stereocenters. The van der Waals surface area contributed by atoms with E-state index in [0.717, 1.165) is 22.0 Å². The topological polar surface area (TPSA) is 26.0 Å². The largest absolute Gasteiger partial charge is 0.324 e. The summed E-state index contributed by atoms with van der Waals surface area (Å²) in [5, 5.41) is 0. The number of hydrogen-bond donors (Lipinski definition) is 1. The molecule has 0 fully saturated rings. The minimum Gasteiger partial charge on any atom is -0.324 e. The predicted octanol–water partition coefficient (Wildman–Crippen LogP) is 4.24. The first-order valence-electron chi connectivity index (χ1n) is 6.38. The number of aryl methyl sites for hydroxylation is 1. The summed E-state index contributed by atoms with van der Waals surface area (Å²) in [4.78, 5) is 0. The van der Waals surface area contributed by atoms with Crippen LogP contribution in [0.2, 0.25) is 0 Å². The number of hydrogen-bond acceptors (Lipinski definition) is 1. The summed E-state index contributed by atoms with van der Waals surface area (Å²) in [5.74, 6) is -0.215. The molecule has 2 N–H and O–H groups in total. The van der Waals surface area contributed by atoms with Crippen LogP contribution in [0.1, 0.15) is 29.7 Å². The Kier molecular flexibility index (Phi) is 4.93. The van der Waals surface area contributed by atoms with Crippen molar-refractivity contribution in [3.63, 3.8) is 0 Å². The third-order valence-corrected chi connectivity index (χ3v) is 4.18. The van der Waals surface area contributed by atoms with Gasteiger partial charge in [0.05, 0.1) is 0 Å². The lowest BCUT2D eigenvalue weighted by Crippen LogP contribution is -2.14. The molecule has 0 aliphatic heterocycles. The maximum absolute atomic E-state index is 13.1. The minimum absolute atomic E-state index is 0.0972. The first-order chi connectivity index (χ1) is 9.10. The Morgan fingerprint density at radius 3 is 2.32 bits per heavy atom. The van der Waals surface area contributed by atoms with E-state index in [2.05, 4.69) is 53.8 Å². The zero-order valence-electron chi connectivity index (χ0n) is 10.9. The Hall–Kier alpha value is -0.940. The van der Waals surface area contributed by atoms with Crippen LogP contribution in [0.15, 0.2) is 42.5 Å². The molecule has 0 aliphatic rings. The van der Waals surface area contributed by atoms with Crippen molar-refractivity contribution in [3.8, 4) is 0 Å². The van der Waals surface area contributed by atoms with Crippen molar-refractivity contribution < 1.29 is 4.39 Å². The molecule has 19 heavy (non-hydrogen) atoms. The normalized spacial score (nSPS) is 12.4. The molecule has 0 bridgehead atoms. The molecule has 1 atom stereocenters. The van der Waals surface area contributed by atoms with Gasteiger partial charge in [-0.2, -0.15) is 0 Å². The molecule has 100 valence electrons. The van der Waals surface area contributed by atoms with Crippen LogP contribution in [0, 0.1) is 9.39 Å². The summed E-state index contributed by atoms with van der Waals surface area (Å²) in [6.07, 6.45) is 1.81. The zero-order valence-corrected chi connectivity index (χ0v) is 13.0. The summed E-state index contributed by atoms with van der Waals surface area (Å²) < 4.78 is 14.0. The second-order valence-electron chi connectivity index (χ2n) is 4.65. The van der Waals surface area contributed by atoms with Gasteiger partial charge in [-0.15, -0.1) is 0 Å². The van der Waals surface area contributed by atoms with Gasteiger partial charge in [0, 0.05) is 9.61 Å². The van der Waals surface area contributed by atoms with Gasteiger partial charge in [-0.1, -0.05) is 37.3 Å². The third-order valence-electron chi connectivity index (χ3n) is 3.25. The molecular formula is C16H17FIN. The molecule has 0 amide bonds. The summed E-state index contributed by atoms with van der Waals surface area (Å²) in [6, 6.07) is 13.2. The zero-order chi connectivity index (χ0) is 13.8. The Bertz CT molecular complexity index is 551. The van der Waals surface area contributed by atoms with E-state index in [1.54, 1.807) is 6.07 Å². The van der Waals surface area contributed by atoms with Gasteiger partial charge >= 0.3 is 0 Å². The van der Waals surface area contributed by atoms with Crippen LogP contribution in [0.5, 0.6) is 0 Å². The fraction of sp³-hybridized carbons (Fsp3) is 0.250. The van der Waals surface area contributed by atoms with Crippen molar-refractivity contribution in [2.45, 2.75) is 25.8 Å². The average Bonchev–Trinajstić information content (AvgIpc) is 2.39. The smallest absolute Gasteiger partial charge is 0.124 e. The van der Waals surface area contributed by atoms with E-state index in [0.29, 0.717) is 0 Å². The molecular weight excluding hydrogens is 352 g/mol. The molecule has 2 aromatic rings. The number of halogens is 2. The molecule has 3 heteroatoms. The summed E-state index contributed by atoms with van der Waals surface area (Å²) in [6.45, 7) is 2.14. The van der Waals surface area contributed by atoms with Crippen LogP contribution < -0.4 is 5.73 Å². The maximum Gasteiger partial charge on any atom is 0.124 e. The number of nitrogens with two attached hydrogens (primary N) is 1. The van der Waals surface area contributed by atoms with Gasteiger partial charge in [0.1, 0.15) is 5.82 Å². The highest BCUT2D eigenvalue weighted by Crippen LogP contribution is 2.22. The first kappa shape index (κ1) is 14.5. The molecule has 0 aliphatic carbocycles. The van der Waals surface area contributed by atoms with E-state index in [1.807, 2.05) is 0 Å². The van der Waals surface area contributed by atoms with E-state index in [9.17, 15) is 4.39 Å². The van der Waals surface area contributed by atoms with Gasteiger partial charge in [0.15, 0.2) is 0 Å². The van der Waals surface area contributed by atoms with Crippen molar-refractivity contribution >= 4 is 22.6 Å². The van der Waals surface area contributed by atoms with Crippen LogP contribution >= 0.6 is 22.6 Å². The van der Waals surface area contributed by atoms with Gasteiger partial charge < -0.3 is 5.73 Å². The van der Waals surface area contributed by atoms with Crippen molar-refractivity contribution in [1.82, 2.24) is 0 Å². The molecule has 0 saturated carbocycles. The van der Waals surface area contributed by atoms with Gasteiger partial charge in [0.2, 0.25) is 0 Å². The molecule has 1 nitrogen and oxygen atoms in total.